The molecule has 4 rings (SSSR count). The Labute approximate surface area is 193 Å². The minimum absolute atomic E-state index is 0.0340. The molecule has 0 fully saturated rings. The summed E-state index contributed by atoms with van der Waals surface area (Å²) in [6.07, 6.45) is 0.829. The highest BCUT2D eigenvalue weighted by Gasteiger charge is 2.17. The Morgan fingerprint density at radius 1 is 1.06 bits per heavy atom. The first-order valence-electron chi connectivity index (χ1n) is 10.2. The Kier molecular flexibility index (Phi) is 6.41. The summed E-state index contributed by atoms with van der Waals surface area (Å²) in [6.45, 7) is 2.37. The fourth-order valence-electron chi connectivity index (χ4n) is 3.54. The Bertz CT molecular complexity index is 1330. The lowest BCUT2D eigenvalue weighted by molar-refractivity contribution is -0.120. The predicted molar refractivity (Wildman–Crippen MR) is 127 cm³/mol. The van der Waals surface area contributed by atoms with Crippen LogP contribution in [0, 0.1) is 0 Å². The van der Waals surface area contributed by atoms with Crippen LogP contribution in [0.5, 0.6) is 17.4 Å². The summed E-state index contributed by atoms with van der Waals surface area (Å²) in [5, 5.41) is 21.2. The third-order valence-electron chi connectivity index (χ3n) is 5.06. The van der Waals surface area contributed by atoms with E-state index >= 15 is 0 Å². The molecule has 7 nitrogen and oxygen atoms in total. The Hall–Kier alpha value is -3.39. The summed E-state index contributed by atoms with van der Waals surface area (Å²) in [5.74, 6) is 0.601. The molecule has 0 aliphatic heterocycles. The van der Waals surface area contributed by atoms with Crippen LogP contribution in [-0.2, 0) is 11.3 Å². The van der Waals surface area contributed by atoms with Gasteiger partial charge >= 0.3 is 5.91 Å². The van der Waals surface area contributed by atoms with Gasteiger partial charge in [-0.3, -0.25) is 4.79 Å². The summed E-state index contributed by atoms with van der Waals surface area (Å²) in [6, 6.07) is 17.0. The number of benzene rings is 3. The van der Waals surface area contributed by atoms with Gasteiger partial charge in [0, 0.05) is 16.4 Å². The van der Waals surface area contributed by atoms with Crippen LogP contribution in [0.2, 0.25) is 0 Å². The zero-order chi connectivity index (χ0) is 22.7. The quantitative estimate of drug-likeness (QED) is 0.301. The number of fused-ring (bicyclic) bond motifs is 2. The van der Waals surface area contributed by atoms with Gasteiger partial charge in [0.2, 0.25) is 5.88 Å². The fourth-order valence-corrected chi connectivity index (χ4v) is 3.92. The first-order chi connectivity index (χ1) is 15.5. The smallest absolute Gasteiger partial charge is 0.302 e. The molecule has 0 saturated heterocycles. The molecule has 3 aromatic carbocycles. The van der Waals surface area contributed by atoms with E-state index in [1.54, 1.807) is 23.8 Å². The number of nitrogens with zero attached hydrogens (tertiary/aromatic N) is 3. The van der Waals surface area contributed by atoms with Crippen molar-refractivity contribution in [3.8, 4) is 17.4 Å². The molecule has 0 atom stereocenters. The Morgan fingerprint density at radius 2 is 1.81 bits per heavy atom. The van der Waals surface area contributed by atoms with Crippen LogP contribution in [0.3, 0.4) is 0 Å². The van der Waals surface area contributed by atoms with E-state index in [2.05, 4.69) is 26.2 Å². The van der Waals surface area contributed by atoms with Crippen LogP contribution in [0.25, 0.3) is 21.7 Å². The monoisotopic (exact) mass is 495 g/mol. The van der Waals surface area contributed by atoms with E-state index in [-0.39, 0.29) is 18.2 Å². The normalized spacial score (nSPS) is 11.5. The summed E-state index contributed by atoms with van der Waals surface area (Å²) < 4.78 is 13.6. The van der Waals surface area contributed by atoms with Gasteiger partial charge in [-0.15, -0.1) is 10.2 Å². The minimum Gasteiger partial charge on any atom is -0.497 e. The fraction of sp³-hybridized carbons (Fsp3) is 0.208. The van der Waals surface area contributed by atoms with E-state index in [4.69, 9.17) is 9.47 Å². The summed E-state index contributed by atoms with van der Waals surface area (Å²) in [5.41, 5.74) is 1.03. The molecule has 0 bridgehead atoms. The second kappa shape index (κ2) is 9.40. The van der Waals surface area contributed by atoms with Crippen molar-refractivity contribution in [3.05, 3.63) is 59.1 Å². The average molecular weight is 496 g/mol. The van der Waals surface area contributed by atoms with Gasteiger partial charge in [0.15, 0.2) is 12.3 Å². The van der Waals surface area contributed by atoms with Gasteiger partial charge in [-0.2, -0.15) is 0 Å². The molecule has 1 amide bonds. The van der Waals surface area contributed by atoms with Crippen molar-refractivity contribution in [2.24, 2.45) is 10.2 Å². The number of aromatic nitrogens is 1. The molecule has 0 aliphatic rings. The molecule has 1 heterocycles. The van der Waals surface area contributed by atoms with Crippen LogP contribution < -0.4 is 9.47 Å². The van der Waals surface area contributed by atoms with Crippen LogP contribution in [0.15, 0.2) is 69.3 Å². The number of carbonyl (C=O) groups excluding carboxylic acids is 1. The number of methoxy groups -OCH3 is 1. The van der Waals surface area contributed by atoms with Crippen molar-refractivity contribution in [1.82, 2.24) is 4.57 Å². The van der Waals surface area contributed by atoms with Crippen molar-refractivity contribution < 1.29 is 19.4 Å². The van der Waals surface area contributed by atoms with E-state index in [0.717, 1.165) is 27.2 Å². The number of aromatic hydroxyl groups is 1. The Morgan fingerprint density at radius 3 is 2.59 bits per heavy atom. The van der Waals surface area contributed by atoms with Crippen LogP contribution in [-0.4, -0.2) is 29.3 Å². The lowest BCUT2D eigenvalue weighted by Gasteiger charge is -2.05. The van der Waals surface area contributed by atoms with Crippen molar-refractivity contribution in [1.29, 1.82) is 0 Å². The van der Waals surface area contributed by atoms with Gasteiger partial charge < -0.3 is 19.1 Å². The van der Waals surface area contributed by atoms with Crippen molar-refractivity contribution >= 4 is 49.2 Å². The zero-order valence-electron chi connectivity index (χ0n) is 17.7. The number of azo groups is 1. The van der Waals surface area contributed by atoms with E-state index < -0.39 is 5.91 Å². The number of hydrogen-bond acceptors (Lipinski definition) is 5. The molecule has 1 aromatic heterocycles. The number of rotatable bonds is 7. The lowest BCUT2D eigenvalue weighted by Crippen LogP contribution is -2.07. The topological polar surface area (TPSA) is 85.4 Å². The molecule has 0 saturated carbocycles. The molecule has 164 valence electrons. The number of hydrogen-bond donors (Lipinski definition) is 1. The van der Waals surface area contributed by atoms with Gasteiger partial charge in [0.25, 0.3) is 0 Å². The summed E-state index contributed by atoms with van der Waals surface area (Å²) in [4.78, 5) is 12.3. The molecule has 32 heavy (non-hydrogen) atoms. The summed E-state index contributed by atoms with van der Waals surface area (Å²) in [7, 11) is 1.57. The molecule has 4 aromatic rings. The van der Waals surface area contributed by atoms with Gasteiger partial charge in [0.1, 0.15) is 11.5 Å². The van der Waals surface area contributed by atoms with Crippen LogP contribution >= 0.6 is 15.9 Å². The molecule has 0 spiro atoms. The minimum atomic E-state index is -0.556. The van der Waals surface area contributed by atoms with Gasteiger partial charge in [0.05, 0.1) is 12.6 Å². The van der Waals surface area contributed by atoms with Crippen LogP contribution in [0.1, 0.15) is 13.3 Å². The summed E-state index contributed by atoms with van der Waals surface area (Å²) >= 11 is 3.45. The number of aryl methyl sites for hydroxylation is 1. The van der Waals surface area contributed by atoms with Crippen LogP contribution in [0.4, 0.5) is 5.69 Å². The second-order valence-electron chi connectivity index (χ2n) is 7.24. The Balaban J connectivity index is 1.53. The zero-order valence-corrected chi connectivity index (χ0v) is 19.3. The molecular formula is C24H22BrN3O4. The number of halogens is 1. The number of amides is 1. The molecule has 1 N–H and O–H groups in total. The van der Waals surface area contributed by atoms with Gasteiger partial charge in [-0.1, -0.05) is 35.0 Å². The number of carbonyl (C=O) groups is 1. The van der Waals surface area contributed by atoms with Crippen molar-refractivity contribution in [2.75, 3.05) is 13.7 Å². The standard InChI is InChI=1S/C24H22BrN3O4/c1-3-10-28-21-9-8-18(31-2)13-20(21)23(24(28)30)27-26-22(29)14-32-19-7-5-15-11-17(25)6-4-16(15)12-19/h4-9,11-13,30H,3,10,14H2,1-2H3. The predicted octanol–water partition coefficient (Wildman–Crippen LogP) is 6.37. The maximum absolute atomic E-state index is 12.3. The van der Waals surface area contributed by atoms with E-state index in [9.17, 15) is 9.90 Å². The molecule has 0 aliphatic carbocycles. The first-order valence-corrected chi connectivity index (χ1v) is 11.0. The molecule has 8 heteroatoms. The third kappa shape index (κ3) is 4.45. The maximum Gasteiger partial charge on any atom is 0.302 e. The third-order valence-corrected chi connectivity index (χ3v) is 5.56. The lowest BCUT2D eigenvalue weighted by atomic mass is 10.1. The molecule has 0 unspecified atom stereocenters. The van der Waals surface area contributed by atoms with E-state index in [0.29, 0.717) is 23.4 Å². The highest BCUT2D eigenvalue weighted by atomic mass is 79.9. The molecule has 0 radical (unpaired) electrons. The average Bonchev–Trinajstić information content (AvgIpc) is 3.06. The van der Waals surface area contributed by atoms with Crippen molar-refractivity contribution in [2.45, 2.75) is 19.9 Å². The molecular weight excluding hydrogens is 474 g/mol. The van der Waals surface area contributed by atoms with E-state index in [1.807, 2.05) is 49.4 Å². The maximum atomic E-state index is 12.3. The van der Waals surface area contributed by atoms with Crippen molar-refractivity contribution in [3.63, 3.8) is 0 Å². The first kappa shape index (κ1) is 21.8. The van der Waals surface area contributed by atoms with E-state index in [1.165, 1.54) is 0 Å². The van der Waals surface area contributed by atoms with Gasteiger partial charge in [-0.25, -0.2) is 0 Å². The second-order valence-corrected chi connectivity index (χ2v) is 8.16. The SMILES string of the molecule is CCCn1c(O)c(N=NC(=O)COc2ccc3cc(Br)ccc3c2)c2cc(OC)ccc21. The highest BCUT2D eigenvalue weighted by molar-refractivity contribution is 9.10. The number of ether oxygens (including phenoxy) is 2. The highest BCUT2D eigenvalue weighted by Crippen LogP contribution is 2.40. The van der Waals surface area contributed by atoms with Gasteiger partial charge in [-0.05, 0) is 59.7 Å². The largest absolute Gasteiger partial charge is 0.497 e.